The molecule has 0 atom stereocenters. The number of benzene rings is 1. The van der Waals surface area contributed by atoms with Gasteiger partial charge in [0.05, 0.1) is 5.69 Å². The number of hydrogen-bond acceptors (Lipinski definition) is 3. The second kappa shape index (κ2) is 5.96. The van der Waals surface area contributed by atoms with Crippen LogP contribution < -0.4 is 4.90 Å². The third-order valence-corrected chi connectivity index (χ3v) is 2.89. The predicted molar refractivity (Wildman–Crippen MR) is 72.1 cm³/mol. The Hall–Kier alpha value is -2.41. The largest absolute Gasteiger partial charge is 0.365 e. The average Bonchev–Trinajstić information content (AvgIpc) is 2.46. The summed E-state index contributed by atoms with van der Waals surface area (Å²) >= 11 is 0. The van der Waals surface area contributed by atoms with E-state index in [0.717, 1.165) is 5.56 Å². The van der Waals surface area contributed by atoms with Gasteiger partial charge in [-0.25, -0.2) is 9.37 Å². The van der Waals surface area contributed by atoms with Gasteiger partial charge in [-0.2, -0.15) is 5.26 Å². The van der Waals surface area contributed by atoms with Crippen LogP contribution in [0.25, 0.3) is 0 Å². The molecule has 2 rings (SSSR count). The van der Waals surface area contributed by atoms with Gasteiger partial charge in [0, 0.05) is 19.3 Å². The number of para-hydroxylation sites is 1. The first kappa shape index (κ1) is 13.0. The van der Waals surface area contributed by atoms with Crippen molar-refractivity contribution in [2.24, 2.45) is 0 Å². The first-order valence-electron chi connectivity index (χ1n) is 6.09. The van der Waals surface area contributed by atoms with Crippen LogP contribution in [-0.2, 0) is 6.54 Å². The van der Waals surface area contributed by atoms with Crippen LogP contribution in [-0.4, -0.2) is 11.5 Å². The van der Waals surface area contributed by atoms with Crippen LogP contribution in [0.1, 0.15) is 18.2 Å². The molecule has 0 amide bonds. The first-order chi connectivity index (χ1) is 9.24. The van der Waals surface area contributed by atoms with E-state index in [2.05, 4.69) is 4.98 Å². The molecule has 0 saturated heterocycles. The molecule has 96 valence electrons. The second-order valence-electron chi connectivity index (χ2n) is 4.13. The second-order valence-corrected chi connectivity index (χ2v) is 4.13. The number of hydrogen-bond donors (Lipinski definition) is 0. The zero-order valence-electron chi connectivity index (χ0n) is 10.7. The topological polar surface area (TPSA) is 39.9 Å². The van der Waals surface area contributed by atoms with E-state index < -0.39 is 0 Å². The summed E-state index contributed by atoms with van der Waals surface area (Å²) in [5.41, 5.74) is 1.89. The fourth-order valence-electron chi connectivity index (χ4n) is 1.93. The molecule has 0 fully saturated rings. The third kappa shape index (κ3) is 3.08. The standard InChI is InChI=1S/C15H14FN3/c1-2-19(15-6-4-3-5-14(15)16)11-12-7-8-18-13(9-12)10-17/h3-9H,2,11H2,1H3. The Labute approximate surface area is 111 Å². The number of anilines is 1. The maximum absolute atomic E-state index is 13.8. The highest BCUT2D eigenvalue weighted by Crippen LogP contribution is 2.20. The van der Waals surface area contributed by atoms with Crippen LogP contribution >= 0.6 is 0 Å². The molecule has 1 heterocycles. The molecule has 2 aromatic rings. The van der Waals surface area contributed by atoms with Gasteiger partial charge in [0.15, 0.2) is 0 Å². The number of aromatic nitrogens is 1. The zero-order valence-corrected chi connectivity index (χ0v) is 10.7. The van der Waals surface area contributed by atoms with Crippen molar-refractivity contribution >= 4 is 5.69 Å². The molecule has 4 heteroatoms. The van der Waals surface area contributed by atoms with Gasteiger partial charge in [-0.1, -0.05) is 12.1 Å². The molecule has 1 aromatic carbocycles. The summed E-state index contributed by atoms with van der Waals surface area (Å²) in [5, 5.41) is 8.83. The molecule has 0 bridgehead atoms. The van der Waals surface area contributed by atoms with E-state index in [-0.39, 0.29) is 5.82 Å². The van der Waals surface area contributed by atoms with Crippen LogP contribution in [0.15, 0.2) is 42.6 Å². The monoisotopic (exact) mass is 255 g/mol. The van der Waals surface area contributed by atoms with E-state index in [9.17, 15) is 4.39 Å². The number of rotatable bonds is 4. The maximum Gasteiger partial charge on any atom is 0.146 e. The van der Waals surface area contributed by atoms with Crippen molar-refractivity contribution in [3.63, 3.8) is 0 Å². The predicted octanol–water partition coefficient (Wildman–Crippen LogP) is 3.12. The summed E-state index contributed by atoms with van der Waals surface area (Å²) in [4.78, 5) is 5.85. The van der Waals surface area contributed by atoms with Crippen LogP contribution in [0.4, 0.5) is 10.1 Å². The Morgan fingerprint density at radius 1 is 1.32 bits per heavy atom. The summed E-state index contributed by atoms with van der Waals surface area (Å²) in [7, 11) is 0. The Bertz CT molecular complexity index is 604. The lowest BCUT2D eigenvalue weighted by atomic mass is 10.2. The van der Waals surface area contributed by atoms with Crippen molar-refractivity contribution in [3.8, 4) is 6.07 Å². The minimum Gasteiger partial charge on any atom is -0.365 e. The zero-order chi connectivity index (χ0) is 13.7. The molecule has 1 aromatic heterocycles. The highest BCUT2D eigenvalue weighted by Gasteiger charge is 2.10. The van der Waals surface area contributed by atoms with Crippen LogP contribution in [0.2, 0.25) is 0 Å². The third-order valence-electron chi connectivity index (χ3n) is 2.89. The molecular formula is C15H14FN3. The van der Waals surface area contributed by atoms with E-state index in [1.54, 1.807) is 24.4 Å². The van der Waals surface area contributed by atoms with Gasteiger partial charge < -0.3 is 4.90 Å². The van der Waals surface area contributed by atoms with Crippen molar-refractivity contribution in [2.75, 3.05) is 11.4 Å². The summed E-state index contributed by atoms with van der Waals surface area (Å²) in [6.45, 7) is 3.21. The lowest BCUT2D eigenvalue weighted by Gasteiger charge is -2.23. The van der Waals surface area contributed by atoms with Gasteiger partial charge in [-0.15, -0.1) is 0 Å². The van der Waals surface area contributed by atoms with Gasteiger partial charge in [-0.3, -0.25) is 0 Å². The molecule has 0 aliphatic carbocycles. The Balaban J connectivity index is 2.24. The van der Waals surface area contributed by atoms with E-state index in [1.807, 2.05) is 30.0 Å². The molecule has 0 spiro atoms. The lowest BCUT2D eigenvalue weighted by Crippen LogP contribution is -2.23. The smallest absolute Gasteiger partial charge is 0.146 e. The highest BCUT2D eigenvalue weighted by atomic mass is 19.1. The quantitative estimate of drug-likeness (QED) is 0.842. The highest BCUT2D eigenvalue weighted by molar-refractivity contribution is 5.48. The molecule has 3 nitrogen and oxygen atoms in total. The molecule has 0 unspecified atom stereocenters. The molecule has 0 aliphatic heterocycles. The number of nitriles is 1. The SMILES string of the molecule is CCN(Cc1ccnc(C#N)c1)c1ccccc1F. The van der Waals surface area contributed by atoms with Gasteiger partial charge in [0.25, 0.3) is 0 Å². The minimum atomic E-state index is -0.237. The van der Waals surface area contributed by atoms with Crippen molar-refractivity contribution in [1.29, 1.82) is 5.26 Å². The molecule has 0 radical (unpaired) electrons. The molecular weight excluding hydrogens is 241 g/mol. The number of pyridine rings is 1. The molecule has 0 aliphatic rings. The summed E-state index contributed by atoms with van der Waals surface area (Å²) < 4.78 is 13.8. The fraction of sp³-hybridized carbons (Fsp3) is 0.200. The Morgan fingerprint density at radius 2 is 2.11 bits per heavy atom. The first-order valence-corrected chi connectivity index (χ1v) is 6.09. The van der Waals surface area contributed by atoms with Crippen molar-refractivity contribution in [3.05, 3.63) is 59.7 Å². The van der Waals surface area contributed by atoms with Gasteiger partial charge in [-0.05, 0) is 36.8 Å². The summed E-state index contributed by atoms with van der Waals surface area (Å²) in [6.07, 6.45) is 1.60. The van der Waals surface area contributed by atoms with Crippen molar-refractivity contribution < 1.29 is 4.39 Å². The van der Waals surface area contributed by atoms with E-state index in [0.29, 0.717) is 24.5 Å². The average molecular weight is 255 g/mol. The Kier molecular flexibility index (Phi) is 4.09. The lowest BCUT2D eigenvalue weighted by molar-refractivity contribution is 0.618. The molecule has 0 N–H and O–H groups in total. The normalized spacial score (nSPS) is 9.95. The fourth-order valence-corrected chi connectivity index (χ4v) is 1.93. The van der Waals surface area contributed by atoms with Gasteiger partial charge in [0.2, 0.25) is 0 Å². The Morgan fingerprint density at radius 3 is 2.79 bits per heavy atom. The van der Waals surface area contributed by atoms with Gasteiger partial charge >= 0.3 is 0 Å². The van der Waals surface area contributed by atoms with Gasteiger partial charge in [0.1, 0.15) is 17.6 Å². The van der Waals surface area contributed by atoms with Crippen molar-refractivity contribution in [2.45, 2.75) is 13.5 Å². The van der Waals surface area contributed by atoms with Crippen LogP contribution in [0, 0.1) is 17.1 Å². The maximum atomic E-state index is 13.8. The minimum absolute atomic E-state index is 0.237. The molecule has 0 saturated carbocycles. The van der Waals surface area contributed by atoms with E-state index in [1.165, 1.54) is 6.07 Å². The van der Waals surface area contributed by atoms with E-state index in [4.69, 9.17) is 5.26 Å². The van der Waals surface area contributed by atoms with Crippen LogP contribution in [0.5, 0.6) is 0 Å². The number of halogens is 1. The van der Waals surface area contributed by atoms with E-state index >= 15 is 0 Å². The number of nitrogens with zero attached hydrogens (tertiary/aromatic N) is 3. The van der Waals surface area contributed by atoms with Crippen molar-refractivity contribution in [1.82, 2.24) is 4.98 Å². The summed E-state index contributed by atoms with van der Waals surface area (Å²) in [6, 6.07) is 12.3. The summed E-state index contributed by atoms with van der Waals surface area (Å²) in [5.74, 6) is -0.237. The molecule has 19 heavy (non-hydrogen) atoms. The van der Waals surface area contributed by atoms with Crippen LogP contribution in [0.3, 0.4) is 0 Å².